The predicted molar refractivity (Wildman–Crippen MR) is 119 cm³/mol. The average molecular weight is 420 g/mol. The van der Waals surface area contributed by atoms with Gasteiger partial charge in [0.25, 0.3) is 0 Å². The summed E-state index contributed by atoms with van der Waals surface area (Å²) in [4.78, 5) is 30.9. The van der Waals surface area contributed by atoms with E-state index in [0.29, 0.717) is 24.0 Å². The minimum atomic E-state index is 0.155. The minimum absolute atomic E-state index is 0.155. The number of nitrogens with zero attached hydrogens (tertiary/aromatic N) is 5. The van der Waals surface area contributed by atoms with Crippen molar-refractivity contribution in [2.24, 2.45) is 5.92 Å². The van der Waals surface area contributed by atoms with Crippen LogP contribution in [0.2, 0.25) is 0 Å². The number of aromatic nitrogens is 3. The van der Waals surface area contributed by atoms with Gasteiger partial charge in [-0.1, -0.05) is 0 Å². The van der Waals surface area contributed by atoms with E-state index in [1.807, 2.05) is 12.1 Å². The van der Waals surface area contributed by atoms with Gasteiger partial charge in [-0.3, -0.25) is 14.8 Å². The number of Topliss-reactive ketones (excluding diaryl/α,β-unsaturated/α-hetero) is 1. The zero-order valence-electron chi connectivity index (χ0n) is 18.0. The predicted octanol–water partition coefficient (Wildman–Crippen LogP) is 3.20. The van der Waals surface area contributed by atoms with Crippen molar-refractivity contribution in [3.8, 4) is 11.5 Å². The molecule has 0 N–H and O–H groups in total. The summed E-state index contributed by atoms with van der Waals surface area (Å²) in [6.07, 6.45) is 11.5. The lowest BCUT2D eigenvalue weighted by Gasteiger charge is -2.40. The summed E-state index contributed by atoms with van der Waals surface area (Å²) in [7, 11) is 2.20. The van der Waals surface area contributed by atoms with Crippen LogP contribution in [0.15, 0.2) is 41.5 Å². The second kappa shape index (κ2) is 8.85. The van der Waals surface area contributed by atoms with E-state index in [0.717, 1.165) is 48.1 Å². The molecule has 7 heteroatoms. The third-order valence-corrected chi connectivity index (χ3v) is 6.89. The van der Waals surface area contributed by atoms with Gasteiger partial charge in [0, 0.05) is 41.9 Å². The highest BCUT2D eigenvalue weighted by Crippen LogP contribution is 2.26. The quantitative estimate of drug-likeness (QED) is 0.629. The third-order valence-electron chi connectivity index (χ3n) is 6.89. The van der Waals surface area contributed by atoms with Crippen molar-refractivity contribution in [2.45, 2.75) is 38.1 Å². The zero-order chi connectivity index (χ0) is 21.2. The highest BCUT2D eigenvalue weighted by Gasteiger charge is 2.30. The minimum Gasteiger partial charge on any atom is -0.442 e. The molecule has 0 spiro atoms. The van der Waals surface area contributed by atoms with Gasteiger partial charge >= 0.3 is 0 Å². The molecule has 5 rings (SSSR count). The molecule has 162 valence electrons. The molecular weight excluding hydrogens is 390 g/mol. The molecule has 0 atom stereocenters. The van der Waals surface area contributed by atoms with Crippen LogP contribution < -0.4 is 0 Å². The molecule has 31 heavy (non-hydrogen) atoms. The van der Waals surface area contributed by atoms with Crippen LogP contribution in [-0.4, -0.2) is 69.8 Å². The molecule has 0 amide bonds. The smallest absolute Gasteiger partial charge is 0.181 e. The van der Waals surface area contributed by atoms with Crippen LogP contribution in [0.25, 0.3) is 22.2 Å². The topological polar surface area (TPSA) is 75.4 Å². The van der Waals surface area contributed by atoms with Crippen molar-refractivity contribution < 1.29 is 9.21 Å². The number of fused-ring (bicyclic) bond motifs is 1. The highest BCUT2D eigenvalue weighted by atomic mass is 16.3. The van der Waals surface area contributed by atoms with E-state index in [-0.39, 0.29) is 5.92 Å². The van der Waals surface area contributed by atoms with Crippen LogP contribution in [0.3, 0.4) is 0 Å². The number of ketones is 1. The first-order valence-corrected chi connectivity index (χ1v) is 11.2. The fourth-order valence-corrected chi connectivity index (χ4v) is 4.93. The van der Waals surface area contributed by atoms with E-state index < -0.39 is 0 Å². The Labute approximate surface area is 182 Å². The van der Waals surface area contributed by atoms with E-state index >= 15 is 0 Å². The molecular formula is C24H29N5O2. The highest BCUT2D eigenvalue weighted by molar-refractivity contribution is 5.87. The van der Waals surface area contributed by atoms with Gasteiger partial charge in [-0.2, -0.15) is 0 Å². The van der Waals surface area contributed by atoms with Crippen molar-refractivity contribution in [1.29, 1.82) is 0 Å². The van der Waals surface area contributed by atoms with E-state index in [1.165, 1.54) is 32.3 Å². The van der Waals surface area contributed by atoms with Gasteiger partial charge in [-0.15, -0.1) is 0 Å². The van der Waals surface area contributed by atoms with Gasteiger partial charge in [0.1, 0.15) is 11.5 Å². The molecule has 5 heterocycles. The van der Waals surface area contributed by atoms with Crippen LogP contribution in [0.5, 0.6) is 0 Å². The van der Waals surface area contributed by atoms with E-state index in [1.54, 1.807) is 18.6 Å². The summed E-state index contributed by atoms with van der Waals surface area (Å²) in [6.45, 7) is 4.46. The number of pyridine rings is 2. The average Bonchev–Trinajstić information content (AvgIpc) is 3.34. The van der Waals surface area contributed by atoms with Crippen molar-refractivity contribution in [3.63, 3.8) is 0 Å². The Hall–Kier alpha value is -2.64. The van der Waals surface area contributed by atoms with Gasteiger partial charge in [0.2, 0.25) is 0 Å². The summed E-state index contributed by atoms with van der Waals surface area (Å²) in [5, 5.41) is 1.96. The first-order chi connectivity index (χ1) is 15.2. The number of rotatable bonds is 5. The van der Waals surface area contributed by atoms with Gasteiger partial charge in [-0.25, -0.2) is 4.98 Å². The standard InChI is InChI=1S/C24H29N5O2/c1-28-6-4-21(5-7-28)29-8-2-17(3-9-29)23(30)12-20-10-18-11-22(24-15-25-16-31-24)27-14-19(18)13-26-20/h10-11,13-17,21H,2-9,12H2,1H3. The Balaban J connectivity index is 1.21. The van der Waals surface area contributed by atoms with Crippen molar-refractivity contribution >= 4 is 16.6 Å². The third kappa shape index (κ3) is 4.52. The Morgan fingerprint density at radius 2 is 1.77 bits per heavy atom. The summed E-state index contributed by atoms with van der Waals surface area (Å²) in [6, 6.07) is 4.66. The summed E-state index contributed by atoms with van der Waals surface area (Å²) in [5.41, 5.74) is 1.56. The Morgan fingerprint density at radius 3 is 2.52 bits per heavy atom. The summed E-state index contributed by atoms with van der Waals surface area (Å²) >= 11 is 0. The molecule has 2 aliphatic heterocycles. The molecule has 0 bridgehead atoms. The van der Waals surface area contributed by atoms with E-state index in [2.05, 4.69) is 31.8 Å². The lowest BCUT2D eigenvalue weighted by atomic mass is 9.88. The number of hydrogen-bond donors (Lipinski definition) is 0. The van der Waals surface area contributed by atoms with Gasteiger partial charge in [-0.05, 0) is 76.4 Å². The SMILES string of the molecule is CN1CCC(N2CCC(C(=O)Cc3cc4cc(-c5cnco5)ncc4cn3)CC2)CC1. The largest absolute Gasteiger partial charge is 0.442 e. The van der Waals surface area contributed by atoms with E-state index in [4.69, 9.17) is 4.42 Å². The number of oxazole rings is 1. The molecule has 3 aromatic heterocycles. The molecule has 0 aromatic carbocycles. The molecule has 2 fully saturated rings. The number of carbonyl (C=O) groups is 1. The molecule has 2 aliphatic rings. The van der Waals surface area contributed by atoms with Gasteiger partial charge in [0.15, 0.2) is 12.2 Å². The second-order valence-electron chi connectivity index (χ2n) is 8.95. The van der Waals surface area contributed by atoms with E-state index in [9.17, 15) is 4.79 Å². The lowest BCUT2D eigenvalue weighted by Crippen LogP contribution is -2.47. The number of hydrogen-bond acceptors (Lipinski definition) is 7. The molecule has 3 aromatic rings. The fourth-order valence-electron chi connectivity index (χ4n) is 4.93. The number of likely N-dealkylation sites (tertiary alicyclic amines) is 2. The molecule has 0 saturated carbocycles. The summed E-state index contributed by atoms with van der Waals surface area (Å²) < 4.78 is 5.35. The Bertz CT molecular complexity index is 1040. The van der Waals surface area contributed by atoms with Gasteiger partial charge < -0.3 is 14.2 Å². The monoisotopic (exact) mass is 419 g/mol. The maximum Gasteiger partial charge on any atom is 0.181 e. The summed E-state index contributed by atoms with van der Waals surface area (Å²) in [5.74, 6) is 1.11. The molecule has 2 saturated heterocycles. The number of piperidine rings is 2. The Morgan fingerprint density at radius 1 is 1.00 bits per heavy atom. The Kier molecular flexibility index (Phi) is 5.78. The van der Waals surface area contributed by atoms with Crippen LogP contribution in [0, 0.1) is 5.92 Å². The molecule has 0 unspecified atom stereocenters. The second-order valence-corrected chi connectivity index (χ2v) is 8.95. The van der Waals surface area contributed by atoms with Crippen LogP contribution in [0.4, 0.5) is 0 Å². The van der Waals surface area contributed by atoms with Gasteiger partial charge in [0.05, 0.1) is 6.20 Å². The normalized spacial score (nSPS) is 19.8. The number of carbonyl (C=O) groups excluding carboxylic acids is 1. The first kappa shape index (κ1) is 20.3. The maximum absolute atomic E-state index is 13.0. The maximum atomic E-state index is 13.0. The fraction of sp³-hybridized carbons (Fsp3) is 0.500. The molecule has 7 nitrogen and oxygen atoms in total. The van der Waals surface area contributed by atoms with Crippen molar-refractivity contribution in [2.75, 3.05) is 33.2 Å². The zero-order valence-corrected chi connectivity index (χ0v) is 18.0. The molecule has 0 radical (unpaired) electrons. The lowest BCUT2D eigenvalue weighted by molar-refractivity contribution is -0.124. The first-order valence-electron chi connectivity index (χ1n) is 11.2. The van der Waals surface area contributed by atoms with Crippen LogP contribution in [-0.2, 0) is 11.2 Å². The van der Waals surface area contributed by atoms with Crippen molar-refractivity contribution in [1.82, 2.24) is 24.8 Å². The van der Waals surface area contributed by atoms with Crippen molar-refractivity contribution in [3.05, 3.63) is 42.8 Å². The van der Waals surface area contributed by atoms with Crippen LogP contribution in [0.1, 0.15) is 31.4 Å². The molecule has 0 aliphatic carbocycles. The van der Waals surface area contributed by atoms with Crippen LogP contribution >= 0.6 is 0 Å².